The van der Waals surface area contributed by atoms with Crippen LogP contribution in [0.4, 0.5) is 0 Å². The molecule has 8 nitrogen and oxygen atoms in total. The molecule has 0 saturated carbocycles. The van der Waals surface area contributed by atoms with Gasteiger partial charge in [-0.05, 0) is 38.1 Å². The van der Waals surface area contributed by atoms with Crippen molar-refractivity contribution in [3.8, 4) is 5.75 Å². The van der Waals surface area contributed by atoms with Crippen LogP contribution < -0.4 is 4.74 Å². The summed E-state index contributed by atoms with van der Waals surface area (Å²) in [4.78, 5) is 24.7. The van der Waals surface area contributed by atoms with Crippen LogP contribution in [0.5, 0.6) is 5.75 Å². The molecule has 0 fully saturated rings. The Morgan fingerprint density at radius 3 is 2.63 bits per heavy atom. The fourth-order valence-corrected chi connectivity index (χ4v) is 2.86. The molecule has 0 spiro atoms. The quantitative estimate of drug-likeness (QED) is 0.437. The fraction of sp³-hybridized carbons (Fsp3) is 0.227. The predicted molar refractivity (Wildman–Crippen MR) is 111 cm³/mol. The first-order chi connectivity index (χ1) is 14.6. The van der Waals surface area contributed by atoms with Crippen molar-refractivity contribution >= 4 is 35.1 Å². The second-order valence-corrected chi connectivity index (χ2v) is 6.05. The first kappa shape index (κ1) is 20.8. The van der Waals surface area contributed by atoms with E-state index >= 15 is 0 Å². The molecule has 0 amide bonds. The highest BCUT2D eigenvalue weighted by atomic mass is 16.5. The van der Waals surface area contributed by atoms with Gasteiger partial charge >= 0.3 is 11.9 Å². The van der Waals surface area contributed by atoms with Gasteiger partial charge in [-0.15, -0.1) is 10.8 Å². The van der Waals surface area contributed by atoms with Gasteiger partial charge in [0.05, 0.1) is 43.8 Å². The Hall–Kier alpha value is -3.90. The lowest BCUT2D eigenvalue weighted by molar-refractivity contribution is 0.0477. The number of fused-ring (bicyclic) bond motifs is 1. The molecular formula is C22H21N3O5. The van der Waals surface area contributed by atoms with Crippen LogP contribution in [-0.4, -0.2) is 47.0 Å². The van der Waals surface area contributed by atoms with E-state index in [1.807, 2.05) is 35.0 Å². The van der Waals surface area contributed by atoms with Crippen LogP contribution in [0, 0.1) is 0 Å². The van der Waals surface area contributed by atoms with Crippen LogP contribution in [0.2, 0.25) is 0 Å². The summed E-state index contributed by atoms with van der Waals surface area (Å²) < 4.78 is 17.2. The van der Waals surface area contributed by atoms with Gasteiger partial charge in [0.25, 0.3) is 0 Å². The van der Waals surface area contributed by atoms with Gasteiger partial charge in [-0.1, -0.05) is 0 Å². The highest BCUT2D eigenvalue weighted by molar-refractivity contribution is 6.04. The van der Waals surface area contributed by atoms with E-state index in [0.29, 0.717) is 0 Å². The number of carbonyl (C=O) groups is 2. The Bertz CT molecular complexity index is 1140. The van der Waals surface area contributed by atoms with Crippen LogP contribution >= 0.6 is 0 Å². The van der Waals surface area contributed by atoms with Gasteiger partial charge in [-0.3, -0.25) is 0 Å². The van der Waals surface area contributed by atoms with Gasteiger partial charge in [0, 0.05) is 17.7 Å². The van der Waals surface area contributed by atoms with Crippen molar-refractivity contribution in [3.63, 3.8) is 0 Å². The third-order valence-electron chi connectivity index (χ3n) is 4.21. The minimum Gasteiger partial charge on any atom is -0.497 e. The Morgan fingerprint density at radius 1 is 1.13 bits per heavy atom. The molecule has 0 N–H and O–H groups in total. The molecule has 0 bridgehead atoms. The van der Waals surface area contributed by atoms with Crippen molar-refractivity contribution in [1.29, 1.82) is 0 Å². The van der Waals surface area contributed by atoms with Crippen LogP contribution in [0.15, 0.2) is 42.4 Å². The highest BCUT2D eigenvalue weighted by Gasteiger charge is 2.23. The summed E-state index contributed by atoms with van der Waals surface area (Å²) in [6.07, 6.45) is 6.22. The van der Waals surface area contributed by atoms with E-state index in [0.717, 1.165) is 16.7 Å². The van der Waals surface area contributed by atoms with E-state index in [-0.39, 0.29) is 30.0 Å². The highest BCUT2D eigenvalue weighted by Crippen LogP contribution is 2.22. The maximum absolute atomic E-state index is 12.4. The molecule has 30 heavy (non-hydrogen) atoms. The van der Waals surface area contributed by atoms with Crippen molar-refractivity contribution in [3.05, 3.63) is 59.2 Å². The lowest BCUT2D eigenvalue weighted by Gasteiger charge is -2.09. The van der Waals surface area contributed by atoms with E-state index < -0.39 is 11.9 Å². The molecule has 2 heterocycles. The van der Waals surface area contributed by atoms with Gasteiger partial charge in [-0.2, -0.15) is 5.10 Å². The van der Waals surface area contributed by atoms with Crippen molar-refractivity contribution in [2.24, 2.45) is 0 Å². The average molecular weight is 407 g/mol. The van der Waals surface area contributed by atoms with Gasteiger partial charge in [0.1, 0.15) is 17.0 Å². The van der Waals surface area contributed by atoms with E-state index in [1.54, 1.807) is 27.2 Å². The van der Waals surface area contributed by atoms with Crippen molar-refractivity contribution in [2.75, 3.05) is 20.3 Å². The van der Waals surface area contributed by atoms with E-state index in [9.17, 15) is 9.59 Å². The molecule has 0 unspecified atom stereocenters. The molecule has 0 saturated heterocycles. The zero-order valence-electron chi connectivity index (χ0n) is 16.9. The van der Waals surface area contributed by atoms with Crippen molar-refractivity contribution < 1.29 is 23.8 Å². The Morgan fingerprint density at radius 2 is 1.90 bits per heavy atom. The maximum atomic E-state index is 12.4. The molecule has 0 aliphatic heterocycles. The fourth-order valence-electron chi connectivity index (χ4n) is 2.86. The average Bonchev–Trinajstić information content (AvgIpc) is 3.16. The number of aromatic nitrogens is 3. The standard InChI is InChI=1S/C22H21N3O5/c1-4-29-21(26)17-14-23-24-18(20(17)22(27)30-5-2)7-6-11-25-12-10-15-13-16(28-3)8-9-19(15)25/h7-14H,4-5H2,1-3H3. The number of carbonyl (C=O) groups excluding carboxylic acids is 2. The molecular weight excluding hydrogens is 386 g/mol. The van der Waals surface area contributed by atoms with Crippen LogP contribution in [0.25, 0.3) is 23.2 Å². The second-order valence-electron chi connectivity index (χ2n) is 6.05. The summed E-state index contributed by atoms with van der Waals surface area (Å²) in [7, 11) is 1.62. The Labute approximate surface area is 173 Å². The monoisotopic (exact) mass is 407 g/mol. The first-order valence-corrected chi connectivity index (χ1v) is 9.36. The summed E-state index contributed by atoms with van der Waals surface area (Å²) in [6.45, 7) is 3.68. The van der Waals surface area contributed by atoms with Crippen molar-refractivity contribution in [1.82, 2.24) is 14.8 Å². The van der Waals surface area contributed by atoms with E-state index in [4.69, 9.17) is 14.2 Å². The molecule has 3 aromatic rings. The SMILES string of the molecule is CCOC(=O)c1cnnc(C=C=Cn2ccc3cc(OC)ccc32)c1C(=O)OCC. The molecule has 0 aliphatic carbocycles. The number of methoxy groups -OCH3 is 1. The molecule has 8 heteroatoms. The summed E-state index contributed by atoms with van der Waals surface area (Å²) >= 11 is 0. The van der Waals surface area contributed by atoms with Crippen LogP contribution in [0.3, 0.4) is 0 Å². The van der Waals surface area contributed by atoms with E-state index in [1.165, 1.54) is 12.3 Å². The summed E-state index contributed by atoms with van der Waals surface area (Å²) in [6, 6.07) is 7.67. The third-order valence-corrected chi connectivity index (χ3v) is 4.21. The molecule has 0 aliphatic rings. The topological polar surface area (TPSA) is 92.5 Å². The number of nitrogens with zero attached hydrogens (tertiary/aromatic N) is 3. The van der Waals surface area contributed by atoms with E-state index in [2.05, 4.69) is 15.9 Å². The number of hydrogen-bond acceptors (Lipinski definition) is 7. The molecule has 0 atom stereocenters. The zero-order valence-corrected chi connectivity index (χ0v) is 16.9. The van der Waals surface area contributed by atoms with Crippen LogP contribution in [-0.2, 0) is 9.47 Å². The molecule has 2 aromatic heterocycles. The summed E-state index contributed by atoms with van der Waals surface area (Å²) in [5.41, 5.74) is 4.08. The Balaban J connectivity index is 2.01. The minimum absolute atomic E-state index is 0.00291. The Kier molecular flexibility index (Phi) is 6.62. The largest absolute Gasteiger partial charge is 0.497 e. The zero-order chi connectivity index (χ0) is 21.5. The lowest BCUT2D eigenvalue weighted by Crippen LogP contribution is -2.17. The molecule has 154 valence electrons. The van der Waals surface area contributed by atoms with Crippen LogP contribution in [0.1, 0.15) is 40.3 Å². The predicted octanol–water partition coefficient (Wildman–Crippen LogP) is 3.58. The van der Waals surface area contributed by atoms with Gasteiger partial charge in [0.2, 0.25) is 0 Å². The van der Waals surface area contributed by atoms with Gasteiger partial charge in [0.15, 0.2) is 0 Å². The molecule has 3 rings (SSSR count). The minimum atomic E-state index is -0.679. The number of benzene rings is 1. The first-order valence-electron chi connectivity index (χ1n) is 9.36. The summed E-state index contributed by atoms with van der Waals surface area (Å²) in [5, 5.41) is 8.78. The number of esters is 2. The molecule has 0 radical (unpaired) electrons. The van der Waals surface area contributed by atoms with Gasteiger partial charge in [-0.25, -0.2) is 9.59 Å². The normalized spacial score (nSPS) is 10.2. The number of hydrogen-bond donors (Lipinski definition) is 0. The molecule has 1 aromatic carbocycles. The van der Waals surface area contributed by atoms with Crippen molar-refractivity contribution in [2.45, 2.75) is 13.8 Å². The summed E-state index contributed by atoms with van der Waals surface area (Å²) in [5.74, 6) is -0.577. The number of rotatable bonds is 7. The smallest absolute Gasteiger partial charge is 0.341 e. The lowest BCUT2D eigenvalue weighted by atomic mass is 10.1. The maximum Gasteiger partial charge on any atom is 0.341 e. The second kappa shape index (κ2) is 9.54. The van der Waals surface area contributed by atoms with Gasteiger partial charge < -0.3 is 18.8 Å². The number of ether oxygens (including phenoxy) is 3. The third kappa shape index (κ3) is 4.39.